The van der Waals surface area contributed by atoms with Gasteiger partial charge in [-0.05, 0) is 34.8 Å². The molecule has 1 heterocycles. The standard InChI is InChI=1S/C12H14BrFN2O3/c1-19-8-2-4-15(5-3-8)11-6-9(13)10(14)7-12(11)16(17)18/h6-8H,2-5H2,1H3. The van der Waals surface area contributed by atoms with Gasteiger partial charge in [0, 0.05) is 20.2 Å². The van der Waals surface area contributed by atoms with Crippen LogP contribution in [0.25, 0.3) is 0 Å². The highest BCUT2D eigenvalue weighted by Crippen LogP contribution is 2.34. The van der Waals surface area contributed by atoms with E-state index in [2.05, 4.69) is 15.9 Å². The highest BCUT2D eigenvalue weighted by molar-refractivity contribution is 9.10. The molecule has 1 fully saturated rings. The number of ether oxygens (including phenoxy) is 1. The molecule has 0 amide bonds. The van der Waals surface area contributed by atoms with Crippen molar-refractivity contribution in [3.8, 4) is 0 Å². The molecule has 2 rings (SSSR count). The molecule has 0 aliphatic carbocycles. The van der Waals surface area contributed by atoms with Gasteiger partial charge in [0.05, 0.1) is 21.6 Å². The maximum atomic E-state index is 13.4. The second-order valence-electron chi connectivity index (χ2n) is 4.43. The number of nitro benzene ring substituents is 1. The van der Waals surface area contributed by atoms with Crippen molar-refractivity contribution in [2.24, 2.45) is 0 Å². The number of hydrogen-bond donors (Lipinski definition) is 0. The summed E-state index contributed by atoms with van der Waals surface area (Å²) < 4.78 is 18.9. The molecule has 1 aliphatic rings. The van der Waals surface area contributed by atoms with E-state index < -0.39 is 10.7 Å². The summed E-state index contributed by atoms with van der Waals surface area (Å²) in [5.74, 6) is -0.623. The molecule has 19 heavy (non-hydrogen) atoms. The SMILES string of the molecule is COC1CCN(c2cc(Br)c(F)cc2[N+](=O)[O-])CC1. The van der Waals surface area contributed by atoms with Gasteiger partial charge in [-0.15, -0.1) is 0 Å². The van der Waals surface area contributed by atoms with E-state index in [1.807, 2.05) is 4.90 Å². The van der Waals surface area contributed by atoms with Crippen LogP contribution in [0.3, 0.4) is 0 Å². The van der Waals surface area contributed by atoms with E-state index in [0.29, 0.717) is 18.8 Å². The molecule has 0 spiro atoms. The van der Waals surface area contributed by atoms with Crippen LogP contribution in [-0.4, -0.2) is 31.2 Å². The summed E-state index contributed by atoms with van der Waals surface area (Å²) in [6.45, 7) is 1.33. The second kappa shape index (κ2) is 5.83. The van der Waals surface area contributed by atoms with Crippen molar-refractivity contribution < 1.29 is 14.1 Å². The average molecular weight is 333 g/mol. The van der Waals surface area contributed by atoms with Gasteiger partial charge in [-0.25, -0.2) is 4.39 Å². The maximum Gasteiger partial charge on any atom is 0.295 e. The predicted molar refractivity (Wildman–Crippen MR) is 73.0 cm³/mol. The lowest BCUT2D eigenvalue weighted by Crippen LogP contribution is -2.37. The first-order chi connectivity index (χ1) is 9.02. The number of hydrogen-bond acceptors (Lipinski definition) is 4. The molecule has 1 aliphatic heterocycles. The van der Waals surface area contributed by atoms with E-state index in [1.165, 1.54) is 6.07 Å². The van der Waals surface area contributed by atoms with Crippen molar-refractivity contribution in [3.05, 3.63) is 32.5 Å². The first-order valence-electron chi connectivity index (χ1n) is 5.94. The number of nitro groups is 1. The highest BCUT2D eigenvalue weighted by Gasteiger charge is 2.26. The summed E-state index contributed by atoms with van der Waals surface area (Å²) in [4.78, 5) is 12.4. The van der Waals surface area contributed by atoms with Crippen LogP contribution in [-0.2, 0) is 4.74 Å². The van der Waals surface area contributed by atoms with Gasteiger partial charge in [0.1, 0.15) is 11.5 Å². The lowest BCUT2D eigenvalue weighted by atomic mass is 10.1. The van der Waals surface area contributed by atoms with Gasteiger partial charge in [-0.2, -0.15) is 0 Å². The number of benzene rings is 1. The van der Waals surface area contributed by atoms with Crippen molar-refractivity contribution in [3.63, 3.8) is 0 Å². The van der Waals surface area contributed by atoms with Gasteiger partial charge in [-0.1, -0.05) is 0 Å². The number of methoxy groups -OCH3 is 1. The van der Waals surface area contributed by atoms with Crippen molar-refractivity contribution in [1.29, 1.82) is 0 Å². The van der Waals surface area contributed by atoms with Crippen LogP contribution in [0.15, 0.2) is 16.6 Å². The smallest absolute Gasteiger partial charge is 0.295 e. The fourth-order valence-corrected chi connectivity index (χ4v) is 2.59. The highest BCUT2D eigenvalue weighted by atomic mass is 79.9. The minimum atomic E-state index is -0.623. The molecule has 0 atom stereocenters. The molecule has 0 radical (unpaired) electrons. The minimum Gasteiger partial charge on any atom is -0.381 e. The van der Waals surface area contributed by atoms with E-state index in [1.54, 1.807) is 7.11 Å². The number of anilines is 1. The van der Waals surface area contributed by atoms with E-state index >= 15 is 0 Å². The Kier molecular flexibility index (Phi) is 4.36. The van der Waals surface area contributed by atoms with Crippen molar-refractivity contribution >= 4 is 27.3 Å². The quantitative estimate of drug-likeness (QED) is 0.630. The minimum absolute atomic E-state index is 0.194. The molecular formula is C12H14BrFN2O3. The van der Waals surface area contributed by atoms with E-state index in [0.717, 1.165) is 18.9 Å². The lowest BCUT2D eigenvalue weighted by molar-refractivity contribution is -0.384. The zero-order valence-corrected chi connectivity index (χ0v) is 12.0. The van der Waals surface area contributed by atoms with Gasteiger partial charge in [0.15, 0.2) is 0 Å². The average Bonchev–Trinajstić information content (AvgIpc) is 2.41. The van der Waals surface area contributed by atoms with E-state index in [-0.39, 0.29) is 16.3 Å². The molecule has 104 valence electrons. The van der Waals surface area contributed by atoms with Gasteiger partial charge in [0.2, 0.25) is 0 Å². The number of nitrogens with zero attached hydrogens (tertiary/aromatic N) is 2. The Hall–Kier alpha value is -1.21. The molecule has 0 saturated carbocycles. The van der Waals surface area contributed by atoms with Crippen LogP contribution < -0.4 is 4.90 Å². The first kappa shape index (κ1) is 14.2. The topological polar surface area (TPSA) is 55.6 Å². The Bertz CT molecular complexity index is 490. The van der Waals surface area contributed by atoms with Crippen LogP contribution >= 0.6 is 15.9 Å². The zero-order chi connectivity index (χ0) is 14.0. The molecular weight excluding hydrogens is 319 g/mol. The molecule has 0 unspecified atom stereocenters. The number of halogens is 2. The van der Waals surface area contributed by atoms with Gasteiger partial charge in [-0.3, -0.25) is 10.1 Å². The summed E-state index contributed by atoms with van der Waals surface area (Å²) >= 11 is 3.07. The summed E-state index contributed by atoms with van der Waals surface area (Å²) in [6, 6.07) is 2.43. The monoisotopic (exact) mass is 332 g/mol. The fraction of sp³-hybridized carbons (Fsp3) is 0.500. The van der Waals surface area contributed by atoms with Crippen LogP contribution in [0.4, 0.5) is 15.8 Å². The molecule has 1 saturated heterocycles. The molecule has 5 nitrogen and oxygen atoms in total. The maximum absolute atomic E-state index is 13.4. The van der Waals surface area contributed by atoms with E-state index in [9.17, 15) is 14.5 Å². The van der Waals surface area contributed by atoms with Crippen LogP contribution in [0.1, 0.15) is 12.8 Å². The van der Waals surface area contributed by atoms with Crippen molar-refractivity contribution in [2.75, 3.05) is 25.1 Å². The molecule has 1 aromatic rings. The summed E-state index contributed by atoms with van der Waals surface area (Å²) in [7, 11) is 1.66. The van der Waals surface area contributed by atoms with E-state index in [4.69, 9.17) is 4.74 Å². The van der Waals surface area contributed by atoms with Crippen molar-refractivity contribution in [2.45, 2.75) is 18.9 Å². The van der Waals surface area contributed by atoms with Gasteiger partial charge < -0.3 is 9.64 Å². The van der Waals surface area contributed by atoms with Crippen LogP contribution in [0, 0.1) is 15.9 Å². The Labute approximate surface area is 118 Å². The summed E-state index contributed by atoms with van der Waals surface area (Å²) in [5, 5.41) is 11.0. The Morgan fingerprint density at radius 3 is 2.63 bits per heavy atom. The molecule has 1 aromatic carbocycles. The number of rotatable bonds is 3. The van der Waals surface area contributed by atoms with Gasteiger partial charge >= 0.3 is 0 Å². The van der Waals surface area contributed by atoms with Crippen LogP contribution in [0.2, 0.25) is 0 Å². The van der Waals surface area contributed by atoms with Crippen molar-refractivity contribution in [1.82, 2.24) is 0 Å². The number of piperidine rings is 1. The molecule has 0 aromatic heterocycles. The fourth-order valence-electron chi connectivity index (χ4n) is 2.26. The zero-order valence-electron chi connectivity index (χ0n) is 10.4. The van der Waals surface area contributed by atoms with Crippen LogP contribution in [0.5, 0.6) is 0 Å². The lowest BCUT2D eigenvalue weighted by Gasteiger charge is -2.32. The third-order valence-corrected chi connectivity index (χ3v) is 3.94. The molecule has 0 N–H and O–H groups in total. The Morgan fingerprint density at radius 2 is 2.11 bits per heavy atom. The summed E-state index contributed by atoms with van der Waals surface area (Å²) in [6.07, 6.45) is 1.81. The molecule has 0 bridgehead atoms. The van der Waals surface area contributed by atoms with Gasteiger partial charge in [0.25, 0.3) is 5.69 Å². The third-order valence-electron chi connectivity index (χ3n) is 3.33. The second-order valence-corrected chi connectivity index (χ2v) is 5.29. The Morgan fingerprint density at radius 1 is 1.47 bits per heavy atom. The largest absolute Gasteiger partial charge is 0.381 e. The summed E-state index contributed by atoms with van der Waals surface area (Å²) in [5.41, 5.74) is 0.254. The third kappa shape index (κ3) is 3.03. The normalized spacial score (nSPS) is 16.7. The molecule has 7 heteroatoms. The first-order valence-corrected chi connectivity index (χ1v) is 6.73. The predicted octanol–water partition coefficient (Wildman–Crippen LogP) is 3.11. The Balaban J connectivity index is 2.29.